The summed E-state index contributed by atoms with van der Waals surface area (Å²) < 4.78 is 0. The Morgan fingerprint density at radius 3 is 2.38 bits per heavy atom. The van der Waals surface area contributed by atoms with Gasteiger partial charge in [-0.2, -0.15) is 0 Å². The van der Waals surface area contributed by atoms with E-state index in [2.05, 4.69) is 5.32 Å². The van der Waals surface area contributed by atoms with Crippen molar-refractivity contribution in [1.29, 1.82) is 0 Å². The fraction of sp³-hybridized carbons (Fsp3) is 0.294. The van der Waals surface area contributed by atoms with Gasteiger partial charge >= 0.3 is 0 Å². The van der Waals surface area contributed by atoms with Gasteiger partial charge in [0.15, 0.2) is 0 Å². The van der Waals surface area contributed by atoms with E-state index in [1.165, 1.54) is 0 Å². The second-order valence-corrected chi connectivity index (χ2v) is 5.20. The van der Waals surface area contributed by atoms with Gasteiger partial charge in [-0.05, 0) is 55.3 Å². The number of rotatable bonds is 6. The predicted octanol–water partition coefficient (Wildman–Crippen LogP) is 2.35. The molecule has 0 aromatic heterocycles. The third-order valence-electron chi connectivity index (χ3n) is 3.50. The van der Waals surface area contributed by atoms with Crippen LogP contribution >= 0.6 is 0 Å². The molecule has 4 N–H and O–H groups in total. The average Bonchev–Trinajstić information content (AvgIpc) is 2.47. The minimum Gasteiger partial charge on any atom is -0.508 e. The van der Waals surface area contributed by atoms with E-state index < -0.39 is 6.10 Å². The third-order valence-corrected chi connectivity index (χ3v) is 3.50. The van der Waals surface area contributed by atoms with Crippen molar-refractivity contribution >= 4 is 0 Å². The molecular weight excluding hydrogens is 266 g/mol. The van der Waals surface area contributed by atoms with Gasteiger partial charge in [0.2, 0.25) is 0 Å². The van der Waals surface area contributed by atoms with E-state index in [0.717, 1.165) is 17.5 Å². The molecule has 2 aromatic carbocycles. The Hall–Kier alpha value is -2.04. The van der Waals surface area contributed by atoms with E-state index in [-0.39, 0.29) is 17.5 Å². The molecule has 112 valence electrons. The van der Waals surface area contributed by atoms with E-state index in [0.29, 0.717) is 6.54 Å². The summed E-state index contributed by atoms with van der Waals surface area (Å²) in [7, 11) is 0. The summed E-state index contributed by atoms with van der Waals surface area (Å²) in [4.78, 5) is 0. The highest BCUT2D eigenvalue weighted by Gasteiger charge is 2.15. The van der Waals surface area contributed by atoms with E-state index in [1.54, 1.807) is 36.4 Å². The van der Waals surface area contributed by atoms with Crippen LogP contribution in [0, 0.1) is 0 Å². The molecule has 4 nitrogen and oxygen atoms in total. The van der Waals surface area contributed by atoms with Crippen molar-refractivity contribution < 1.29 is 15.3 Å². The van der Waals surface area contributed by atoms with Gasteiger partial charge in [0, 0.05) is 6.04 Å². The first-order valence-corrected chi connectivity index (χ1v) is 7.04. The largest absolute Gasteiger partial charge is 0.508 e. The number of aromatic hydroxyl groups is 2. The summed E-state index contributed by atoms with van der Waals surface area (Å²) in [6.07, 6.45) is 0.149. The maximum absolute atomic E-state index is 10.2. The number of hydrogen-bond acceptors (Lipinski definition) is 4. The first-order valence-electron chi connectivity index (χ1n) is 7.04. The number of aliphatic hydroxyl groups excluding tert-OH is 1. The van der Waals surface area contributed by atoms with E-state index in [9.17, 15) is 15.3 Å². The van der Waals surface area contributed by atoms with Crippen LogP contribution in [0.4, 0.5) is 0 Å². The lowest BCUT2D eigenvalue weighted by atomic mass is 10.0. The lowest BCUT2D eigenvalue weighted by Crippen LogP contribution is -2.33. The van der Waals surface area contributed by atoms with Crippen LogP contribution in [0.25, 0.3) is 0 Å². The predicted molar refractivity (Wildman–Crippen MR) is 82.3 cm³/mol. The summed E-state index contributed by atoms with van der Waals surface area (Å²) in [5.74, 6) is 0.458. The molecule has 0 aliphatic carbocycles. The molecule has 0 spiro atoms. The quantitative estimate of drug-likeness (QED) is 0.658. The standard InChI is InChI=1S/C17H21NO3/c1-12(17(21)14-5-7-15(19)8-6-14)18-10-9-13-3-2-4-16(20)11-13/h2-8,11-12,17-21H,9-10H2,1H3. The first kappa shape index (κ1) is 15.4. The molecule has 0 amide bonds. The minimum absolute atomic E-state index is 0.105. The summed E-state index contributed by atoms with van der Waals surface area (Å²) in [6, 6.07) is 13.6. The zero-order valence-electron chi connectivity index (χ0n) is 12.0. The zero-order chi connectivity index (χ0) is 15.2. The van der Waals surface area contributed by atoms with Gasteiger partial charge in [-0.3, -0.25) is 0 Å². The highest BCUT2D eigenvalue weighted by molar-refractivity contribution is 5.28. The molecule has 0 saturated carbocycles. The number of hydrogen-bond donors (Lipinski definition) is 4. The average molecular weight is 287 g/mol. The highest BCUT2D eigenvalue weighted by atomic mass is 16.3. The van der Waals surface area contributed by atoms with Crippen LogP contribution < -0.4 is 5.32 Å². The van der Waals surface area contributed by atoms with Crippen molar-refractivity contribution in [3.63, 3.8) is 0 Å². The van der Waals surface area contributed by atoms with Gasteiger partial charge in [0.25, 0.3) is 0 Å². The van der Waals surface area contributed by atoms with Crippen LogP contribution in [0.15, 0.2) is 48.5 Å². The Balaban J connectivity index is 1.83. The topological polar surface area (TPSA) is 72.7 Å². The van der Waals surface area contributed by atoms with Crippen molar-refractivity contribution in [2.45, 2.75) is 25.5 Å². The third kappa shape index (κ3) is 4.48. The van der Waals surface area contributed by atoms with Crippen LogP contribution in [0.3, 0.4) is 0 Å². The maximum Gasteiger partial charge on any atom is 0.115 e. The lowest BCUT2D eigenvalue weighted by Gasteiger charge is -2.20. The van der Waals surface area contributed by atoms with Crippen LogP contribution in [0.1, 0.15) is 24.2 Å². The van der Waals surface area contributed by atoms with Gasteiger partial charge in [-0.25, -0.2) is 0 Å². The molecule has 2 atom stereocenters. The second kappa shape index (κ2) is 7.11. The molecule has 0 saturated heterocycles. The number of phenolic OH excluding ortho intramolecular Hbond substituents is 2. The molecule has 0 heterocycles. The maximum atomic E-state index is 10.2. The normalized spacial score (nSPS) is 13.8. The molecule has 2 aromatic rings. The molecule has 0 radical (unpaired) electrons. The van der Waals surface area contributed by atoms with Gasteiger partial charge in [-0.15, -0.1) is 0 Å². The van der Waals surface area contributed by atoms with Gasteiger partial charge in [-0.1, -0.05) is 24.3 Å². The van der Waals surface area contributed by atoms with Crippen molar-refractivity contribution in [2.24, 2.45) is 0 Å². The van der Waals surface area contributed by atoms with Crippen LogP contribution in [-0.2, 0) is 6.42 Å². The smallest absolute Gasteiger partial charge is 0.115 e. The Bertz CT molecular complexity index is 569. The SMILES string of the molecule is CC(NCCc1cccc(O)c1)C(O)c1ccc(O)cc1. The van der Waals surface area contributed by atoms with Crippen LogP contribution in [-0.4, -0.2) is 27.9 Å². The monoisotopic (exact) mass is 287 g/mol. The van der Waals surface area contributed by atoms with Gasteiger partial charge < -0.3 is 20.6 Å². The van der Waals surface area contributed by atoms with Crippen molar-refractivity contribution in [3.8, 4) is 11.5 Å². The summed E-state index contributed by atoms with van der Waals surface area (Å²) in [5.41, 5.74) is 1.82. The molecule has 0 fully saturated rings. The zero-order valence-corrected chi connectivity index (χ0v) is 12.0. The van der Waals surface area contributed by atoms with E-state index >= 15 is 0 Å². The molecule has 4 heteroatoms. The second-order valence-electron chi connectivity index (χ2n) is 5.20. The Labute approximate surface area is 124 Å². The molecule has 0 aliphatic rings. The number of phenols is 2. The van der Waals surface area contributed by atoms with Gasteiger partial charge in [0.05, 0.1) is 6.10 Å². The fourth-order valence-corrected chi connectivity index (χ4v) is 2.23. The number of benzene rings is 2. The lowest BCUT2D eigenvalue weighted by molar-refractivity contribution is 0.136. The Morgan fingerprint density at radius 2 is 1.71 bits per heavy atom. The van der Waals surface area contributed by atoms with Crippen molar-refractivity contribution in [2.75, 3.05) is 6.54 Å². The molecule has 0 aliphatic heterocycles. The Morgan fingerprint density at radius 1 is 1.00 bits per heavy atom. The molecule has 2 unspecified atom stereocenters. The highest BCUT2D eigenvalue weighted by Crippen LogP contribution is 2.19. The van der Waals surface area contributed by atoms with Crippen molar-refractivity contribution in [1.82, 2.24) is 5.32 Å². The van der Waals surface area contributed by atoms with Crippen LogP contribution in [0.2, 0.25) is 0 Å². The molecule has 2 rings (SSSR count). The van der Waals surface area contributed by atoms with E-state index in [4.69, 9.17) is 0 Å². The fourth-order valence-electron chi connectivity index (χ4n) is 2.23. The summed E-state index contributed by atoms with van der Waals surface area (Å²) >= 11 is 0. The van der Waals surface area contributed by atoms with E-state index in [1.807, 2.05) is 19.1 Å². The summed E-state index contributed by atoms with van der Waals surface area (Å²) in [5, 5.41) is 32.2. The molecular formula is C17H21NO3. The molecule has 0 bridgehead atoms. The Kier molecular flexibility index (Phi) is 5.20. The van der Waals surface area contributed by atoms with Crippen molar-refractivity contribution in [3.05, 3.63) is 59.7 Å². The first-order chi connectivity index (χ1) is 10.1. The van der Waals surface area contributed by atoms with Crippen LogP contribution in [0.5, 0.6) is 11.5 Å². The number of nitrogens with one attached hydrogen (secondary N) is 1. The number of aliphatic hydroxyl groups is 1. The van der Waals surface area contributed by atoms with Gasteiger partial charge in [0.1, 0.15) is 11.5 Å². The molecule has 21 heavy (non-hydrogen) atoms. The minimum atomic E-state index is -0.630. The summed E-state index contributed by atoms with van der Waals surface area (Å²) in [6.45, 7) is 2.62.